The molecular weight excluding hydrogens is 279 g/mol. The number of likely N-dealkylation sites (N-methyl/N-ethyl adjacent to an activating group) is 1. The fourth-order valence-corrected chi connectivity index (χ4v) is 3.05. The number of hydrogen-bond acceptors (Lipinski definition) is 3. The third kappa shape index (κ3) is 3.31. The molecule has 2 fully saturated rings. The number of halogens is 2. The van der Waals surface area contributed by atoms with Crippen LogP contribution in [-0.4, -0.2) is 43.8 Å². The molecule has 20 heavy (non-hydrogen) atoms. The lowest BCUT2D eigenvalue weighted by molar-refractivity contribution is -0.0615. The normalized spacial score (nSPS) is 27.8. The van der Waals surface area contributed by atoms with Crippen molar-refractivity contribution in [3.63, 3.8) is 0 Å². The lowest BCUT2D eigenvalue weighted by atomic mass is 9.98. The van der Waals surface area contributed by atoms with Gasteiger partial charge in [0.05, 0.1) is 18.8 Å². The maximum Gasteiger partial charge on any atom is 0.125 e. The molecule has 110 valence electrons. The fourth-order valence-electron chi connectivity index (χ4n) is 2.82. The molecule has 1 heterocycles. The van der Waals surface area contributed by atoms with Crippen LogP contribution in [0.15, 0.2) is 18.2 Å². The molecule has 0 radical (unpaired) electrons. The van der Waals surface area contributed by atoms with Crippen LogP contribution in [0.5, 0.6) is 0 Å². The molecule has 1 aromatic carbocycles. The Balaban J connectivity index is 1.80. The van der Waals surface area contributed by atoms with Gasteiger partial charge in [0.1, 0.15) is 5.82 Å². The van der Waals surface area contributed by atoms with Gasteiger partial charge in [0.2, 0.25) is 0 Å². The first kappa shape index (κ1) is 14.3. The van der Waals surface area contributed by atoms with Gasteiger partial charge >= 0.3 is 0 Å². The van der Waals surface area contributed by atoms with Gasteiger partial charge in [-0.15, -0.1) is 0 Å². The average Bonchev–Trinajstić information content (AvgIpc) is 3.19. The van der Waals surface area contributed by atoms with Crippen molar-refractivity contribution in [2.75, 3.05) is 26.7 Å². The zero-order chi connectivity index (χ0) is 14.1. The number of nitrogens with zero attached hydrogens (tertiary/aromatic N) is 1. The fraction of sp³-hybridized carbons (Fsp3) is 0.600. The summed E-state index contributed by atoms with van der Waals surface area (Å²) >= 11 is 5.99. The maximum absolute atomic E-state index is 13.6. The summed E-state index contributed by atoms with van der Waals surface area (Å²) in [6.45, 7) is 2.36. The van der Waals surface area contributed by atoms with Crippen molar-refractivity contribution >= 4 is 11.6 Å². The SMILES string of the molecule is CN1CCOC(CNC2CC2)C1c1cc(F)cc(Cl)c1. The van der Waals surface area contributed by atoms with E-state index in [2.05, 4.69) is 17.3 Å². The molecule has 1 aromatic rings. The number of ether oxygens (including phenoxy) is 1. The zero-order valence-electron chi connectivity index (χ0n) is 11.6. The number of hydrogen-bond donors (Lipinski definition) is 1. The van der Waals surface area contributed by atoms with Crippen molar-refractivity contribution in [2.24, 2.45) is 0 Å². The molecule has 1 aliphatic carbocycles. The minimum Gasteiger partial charge on any atom is -0.374 e. The van der Waals surface area contributed by atoms with Gasteiger partial charge in [0, 0.05) is 24.2 Å². The number of benzene rings is 1. The Bertz CT molecular complexity index is 461. The Morgan fingerprint density at radius 3 is 2.90 bits per heavy atom. The van der Waals surface area contributed by atoms with E-state index in [0.717, 1.165) is 18.7 Å². The highest BCUT2D eigenvalue weighted by molar-refractivity contribution is 6.30. The van der Waals surface area contributed by atoms with Crippen molar-refractivity contribution in [3.05, 3.63) is 34.6 Å². The van der Waals surface area contributed by atoms with Gasteiger partial charge in [-0.2, -0.15) is 0 Å². The highest BCUT2D eigenvalue weighted by atomic mass is 35.5. The minimum atomic E-state index is -0.291. The first-order chi connectivity index (χ1) is 9.63. The van der Waals surface area contributed by atoms with Crippen LogP contribution < -0.4 is 5.32 Å². The van der Waals surface area contributed by atoms with Crippen LogP contribution in [0.3, 0.4) is 0 Å². The topological polar surface area (TPSA) is 24.5 Å². The Hall–Kier alpha value is -0.680. The summed E-state index contributed by atoms with van der Waals surface area (Å²) in [6, 6.07) is 5.42. The summed E-state index contributed by atoms with van der Waals surface area (Å²) in [5, 5.41) is 3.94. The van der Waals surface area contributed by atoms with E-state index in [1.807, 2.05) is 6.07 Å². The van der Waals surface area contributed by atoms with Crippen LogP contribution in [0.4, 0.5) is 4.39 Å². The van der Waals surface area contributed by atoms with E-state index in [1.54, 1.807) is 6.07 Å². The van der Waals surface area contributed by atoms with E-state index >= 15 is 0 Å². The van der Waals surface area contributed by atoms with Gasteiger partial charge in [0.25, 0.3) is 0 Å². The van der Waals surface area contributed by atoms with E-state index in [-0.39, 0.29) is 18.0 Å². The number of morpholine rings is 1. The molecule has 1 saturated carbocycles. The number of rotatable bonds is 4. The molecule has 0 amide bonds. The molecule has 1 N–H and O–H groups in total. The predicted molar refractivity (Wildman–Crippen MR) is 77.5 cm³/mol. The molecule has 0 spiro atoms. The molecule has 2 unspecified atom stereocenters. The standard InChI is InChI=1S/C15H20ClFN2O/c1-19-4-5-20-14(9-18-13-2-3-13)15(19)10-6-11(16)8-12(17)7-10/h6-8,13-15,18H,2-5,9H2,1H3. The highest BCUT2D eigenvalue weighted by Gasteiger charge is 2.33. The lowest BCUT2D eigenvalue weighted by Gasteiger charge is -2.39. The molecule has 2 aliphatic rings. The quantitative estimate of drug-likeness (QED) is 0.925. The second-order valence-corrected chi connectivity index (χ2v) is 6.16. The van der Waals surface area contributed by atoms with Gasteiger partial charge in [-0.3, -0.25) is 4.90 Å². The molecule has 3 rings (SSSR count). The van der Waals surface area contributed by atoms with Crippen molar-refractivity contribution in [1.82, 2.24) is 10.2 Å². The Labute approximate surface area is 124 Å². The van der Waals surface area contributed by atoms with Crippen molar-refractivity contribution in [1.29, 1.82) is 0 Å². The Morgan fingerprint density at radius 2 is 2.20 bits per heavy atom. The molecule has 1 saturated heterocycles. The predicted octanol–water partition coefficient (Wildman–Crippen LogP) is 2.60. The van der Waals surface area contributed by atoms with Gasteiger partial charge in [-0.1, -0.05) is 11.6 Å². The highest BCUT2D eigenvalue weighted by Crippen LogP contribution is 2.31. The van der Waals surface area contributed by atoms with Crippen molar-refractivity contribution < 1.29 is 9.13 Å². The molecule has 5 heteroatoms. The van der Waals surface area contributed by atoms with Gasteiger partial charge < -0.3 is 10.1 Å². The average molecular weight is 299 g/mol. The molecule has 0 aromatic heterocycles. The van der Waals surface area contributed by atoms with E-state index in [1.165, 1.54) is 18.9 Å². The molecular formula is C15H20ClFN2O. The second-order valence-electron chi connectivity index (χ2n) is 5.72. The third-order valence-electron chi connectivity index (χ3n) is 4.01. The third-order valence-corrected chi connectivity index (χ3v) is 4.23. The molecule has 1 aliphatic heterocycles. The van der Waals surface area contributed by atoms with Crippen molar-refractivity contribution in [3.8, 4) is 0 Å². The van der Waals surface area contributed by atoms with Crippen molar-refractivity contribution in [2.45, 2.75) is 31.0 Å². The zero-order valence-corrected chi connectivity index (χ0v) is 12.4. The molecule has 2 atom stereocenters. The van der Waals surface area contributed by atoms with Crippen LogP contribution in [0.1, 0.15) is 24.4 Å². The van der Waals surface area contributed by atoms with E-state index < -0.39 is 0 Å². The van der Waals surface area contributed by atoms with Crippen LogP contribution in [-0.2, 0) is 4.74 Å². The van der Waals surface area contributed by atoms with Crippen LogP contribution in [0.2, 0.25) is 5.02 Å². The smallest absolute Gasteiger partial charge is 0.125 e. The van der Waals surface area contributed by atoms with Crippen LogP contribution >= 0.6 is 11.6 Å². The van der Waals surface area contributed by atoms with E-state index in [9.17, 15) is 4.39 Å². The Morgan fingerprint density at radius 1 is 1.40 bits per heavy atom. The summed E-state index contributed by atoms with van der Waals surface area (Å²) in [7, 11) is 2.05. The largest absolute Gasteiger partial charge is 0.374 e. The molecule has 0 bridgehead atoms. The first-order valence-corrected chi connectivity index (χ1v) is 7.52. The second kappa shape index (κ2) is 5.98. The van der Waals surface area contributed by atoms with E-state index in [4.69, 9.17) is 16.3 Å². The minimum absolute atomic E-state index is 0.0345. The lowest BCUT2D eigenvalue weighted by Crippen LogP contribution is -2.47. The summed E-state index contributed by atoms with van der Waals surface area (Å²) in [5.74, 6) is -0.291. The summed E-state index contributed by atoms with van der Waals surface area (Å²) in [5.41, 5.74) is 0.889. The summed E-state index contributed by atoms with van der Waals surface area (Å²) in [6.07, 6.45) is 2.53. The van der Waals surface area contributed by atoms with Crippen LogP contribution in [0.25, 0.3) is 0 Å². The van der Waals surface area contributed by atoms with E-state index in [0.29, 0.717) is 17.7 Å². The van der Waals surface area contributed by atoms with Gasteiger partial charge in [-0.05, 0) is 43.7 Å². The van der Waals surface area contributed by atoms with Crippen LogP contribution in [0, 0.1) is 5.82 Å². The van der Waals surface area contributed by atoms with Gasteiger partial charge in [-0.25, -0.2) is 4.39 Å². The maximum atomic E-state index is 13.6. The molecule has 3 nitrogen and oxygen atoms in total. The monoisotopic (exact) mass is 298 g/mol. The Kier molecular flexibility index (Phi) is 4.26. The summed E-state index contributed by atoms with van der Waals surface area (Å²) in [4.78, 5) is 2.22. The first-order valence-electron chi connectivity index (χ1n) is 7.15. The number of nitrogens with one attached hydrogen (secondary N) is 1. The summed E-state index contributed by atoms with van der Waals surface area (Å²) < 4.78 is 19.5. The van der Waals surface area contributed by atoms with Gasteiger partial charge in [0.15, 0.2) is 0 Å².